The van der Waals surface area contributed by atoms with Gasteiger partial charge in [0, 0.05) is 11.4 Å². The van der Waals surface area contributed by atoms with Crippen LogP contribution in [-0.4, -0.2) is 6.54 Å². The minimum absolute atomic E-state index is 0.989. The molecule has 0 unspecified atom stereocenters. The van der Waals surface area contributed by atoms with Crippen molar-refractivity contribution in [3.05, 3.63) is 20.8 Å². The van der Waals surface area contributed by atoms with Gasteiger partial charge in [0.1, 0.15) is 0 Å². The summed E-state index contributed by atoms with van der Waals surface area (Å²) >= 11 is 5.35. The Morgan fingerprint density at radius 3 is 2.44 bits per heavy atom. The van der Waals surface area contributed by atoms with E-state index in [0.717, 1.165) is 24.3 Å². The Kier molecular flexibility index (Phi) is 3.37. The summed E-state index contributed by atoms with van der Waals surface area (Å²) < 4.78 is 1.24. The molecule has 2 aliphatic rings. The number of hydrogen-bond donors (Lipinski definition) is 1. The molecule has 1 N–H and O–H groups in total. The zero-order valence-corrected chi connectivity index (χ0v) is 11.8. The van der Waals surface area contributed by atoms with Crippen molar-refractivity contribution in [1.29, 1.82) is 0 Å². The Morgan fingerprint density at radius 1 is 1.25 bits per heavy atom. The third-order valence-electron chi connectivity index (χ3n) is 3.76. The molecular formula is C13H18BrNS. The zero-order valence-electron chi connectivity index (χ0n) is 9.42. The molecule has 0 spiro atoms. The summed E-state index contributed by atoms with van der Waals surface area (Å²) in [4.78, 5) is 1.44. The second-order valence-corrected chi connectivity index (χ2v) is 7.72. The van der Waals surface area contributed by atoms with Gasteiger partial charge in [-0.3, -0.25) is 0 Å². The topological polar surface area (TPSA) is 12.0 Å². The molecule has 3 heteroatoms. The molecule has 0 aliphatic heterocycles. The average molecular weight is 300 g/mol. The van der Waals surface area contributed by atoms with E-state index in [1.807, 2.05) is 11.3 Å². The highest BCUT2D eigenvalue weighted by Crippen LogP contribution is 2.48. The molecular weight excluding hydrogens is 282 g/mol. The molecule has 0 bridgehead atoms. The SMILES string of the molecule is Brc1ccc(CNCC(C2CC2)C2CC2)s1. The minimum atomic E-state index is 0.989. The molecule has 0 amide bonds. The maximum Gasteiger partial charge on any atom is 0.0701 e. The van der Waals surface area contributed by atoms with E-state index in [-0.39, 0.29) is 0 Å². The molecule has 1 heterocycles. The van der Waals surface area contributed by atoms with Crippen LogP contribution < -0.4 is 5.32 Å². The van der Waals surface area contributed by atoms with Gasteiger partial charge in [0.25, 0.3) is 0 Å². The van der Waals surface area contributed by atoms with Crippen molar-refractivity contribution < 1.29 is 0 Å². The van der Waals surface area contributed by atoms with Gasteiger partial charge in [-0.2, -0.15) is 0 Å². The summed E-state index contributed by atoms with van der Waals surface area (Å²) in [5.41, 5.74) is 0. The van der Waals surface area contributed by atoms with Crippen molar-refractivity contribution in [2.24, 2.45) is 17.8 Å². The summed E-state index contributed by atoms with van der Waals surface area (Å²) in [7, 11) is 0. The maximum absolute atomic E-state index is 3.65. The second-order valence-electron chi connectivity index (χ2n) is 5.18. The van der Waals surface area contributed by atoms with Crippen LogP contribution in [-0.2, 0) is 6.54 Å². The van der Waals surface area contributed by atoms with E-state index in [1.54, 1.807) is 0 Å². The lowest BCUT2D eigenvalue weighted by atomic mass is 9.98. The fourth-order valence-electron chi connectivity index (χ4n) is 2.58. The molecule has 0 aromatic carbocycles. The van der Waals surface area contributed by atoms with Crippen LogP contribution in [0, 0.1) is 17.8 Å². The molecule has 1 nitrogen and oxygen atoms in total. The molecule has 16 heavy (non-hydrogen) atoms. The van der Waals surface area contributed by atoms with Crippen LogP contribution >= 0.6 is 27.3 Å². The van der Waals surface area contributed by atoms with Gasteiger partial charge in [-0.15, -0.1) is 11.3 Å². The number of hydrogen-bond acceptors (Lipinski definition) is 2. The fraction of sp³-hybridized carbons (Fsp3) is 0.692. The summed E-state index contributed by atoms with van der Waals surface area (Å²) in [6, 6.07) is 4.35. The van der Waals surface area contributed by atoms with Crippen molar-refractivity contribution in [1.82, 2.24) is 5.32 Å². The van der Waals surface area contributed by atoms with Gasteiger partial charge in [0.15, 0.2) is 0 Å². The van der Waals surface area contributed by atoms with E-state index >= 15 is 0 Å². The van der Waals surface area contributed by atoms with E-state index in [4.69, 9.17) is 0 Å². The van der Waals surface area contributed by atoms with Gasteiger partial charge in [0.2, 0.25) is 0 Å². The normalized spacial score (nSPS) is 20.6. The van der Waals surface area contributed by atoms with Crippen LogP contribution in [0.4, 0.5) is 0 Å². The van der Waals surface area contributed by atoms with E-state index < -0.39 is 0 Å². The van der Waals surface area contributed by atoms with E-state index in [2.05, 4.69) is 33.4 Å². The predicted octanol–water partition coefficient (Wildman–Crippen LogP) is 4.04. The smallest absolute Gasteiger partial charge is 0.0701 e. The summed E-state index contributed by atoms with van der Waals surface area (Å²) in [6.07, 6.45) is 5.97. The molecule has 2 saturated carbocycles. The maximum atomic E-state index is 3.65. The number of thiophene rings is 1. The third-order valence-corrected chi connectivity index (χ3v) is 5.39. The van der Waals surface area contributed by atoms with Gasteiger partial charge in [0.05, 0.1) is 3.79 Å². The molecule has 2 aliphatic carbocycles. The van der Waals surface area contributed by atoms with Gasteiger partial charge in [-0.1, -0.05) is 0 Å². The van der Waals surface area contributed by atoms with Crippen molar-refractivity contribution in [2.75, 3.05) is 6.54 Å². The largest absolute Gasteiger partial charge is 0.312 e. The minimum Gasteiger partial charge on any atom is -0.312 e. The van der Waals surface area contributed by atoms with Gasteiger partial charge in [-0.25, -0.2) is 0 Å². The molecule has 0 saturated heterocycles. The number of nitrogens with one attached hydrogen (secondary N) is 1. The summed E-state index contributed by atoms with van der Waals surface area (Å²) in [6.45, 7) is 2.29. The van der Waals surface area contributed by atoms with Crippen molar-refractivity contribution in [2.45, 2.75) is 32.2 Å². The van der Waals surface area contributed by atoms with Crippen LogP contribution in [0.1, 0.15) is 30.6 Å². The number of rotatable bonds is 6. The highest BCUT2D eigenvalue weighted by atomic mass is 79.9. The molecule has 0 radical (unpaired) electrons. The Morgan fingerprint density at radius 2 is 1.94 bits per heavy atom. The Hall–Kier alpha value is 0.140. The first-order valence-corrected chi connectivity index (χ1v) is 7.89. The molecule has 0 atom stereocenters. The lowest BCUT2D eigenvalue weighted by Gasteiger charge is -2.15. The predicted molar refractivity (Wildman–Crippen MR) is 72.7 cm³/mol. The van der Waals surface area contributed by atoms with E-state index in [0.29, 0.717) is 0 Å². The summed E-state index contributed by atoms with van der Waals surface area (Å²) in [5.74, 6) is 3.12. The monoisotopic (exact) mass is 299 g/mol. The molecule has 2 fully saturated rings. The highest BCUT2D eigenvalue weighted by molar-refractivity contribution is 9.11. The quantitative estimate of drug-likeness (QED) is 0.836. The molecule has 1 aromatic heterocycles. The van der Waals surface area contributed by atoms with Crippen LogP contribution in [0.3, 0.4) is 0 Å². The van der Waals surface area contributed by atoms with E-state index in [9.17, 15) is 0 Å². The number of halogens is 1. The van der Waals surface area contributed by atoms with Gasteiger partial charge >= 0.3 is 0 Å². The standard InChI is InChI=1S/C13H18BrNS/c14-13-6-5-11(16-13)7-15-8-12(9-1-2-9)10-3-4-10/h5-6,9-10,12,15H,1-4,7-8H2. The molecule has 3 rings (SSSR count). The first kappa shape index (κ1) is 11.2. The Labute approximate surface area is 110 Å². The van der Waals surface area contributed by atoms with Crippen molar-refractivity contribution >= 4 is 27.3 Å². The van der Waals surface area contributed by atoms with Crippen LogP contribution in [0.5, 0.6) is 0 Å². The lowest BCUT2D eigenvalue weighted by molar-refractivity contribution is 0.379. The zero-order chi connectivity index (χ0) is 11.0. The first-order chi connectivity index (χ1) is 7.83. The van der Waals surface area contributed by atoms with Crippen LogP contribution in [0.15, 0.2) is 15.9 Å². The fourth-order valence-corrected chi connectivity index (χ4v) is 4.03. The van der Waals surface area contributed by atoms with Gasteiger partial charge < -0.3 is 5.32 Å². The lowest BCUT2D eigenvalue weighted by Crippen LogP contribution is -2.24. The van der Waals surface area contributed by atoms with E-state index in [1.165, 1.54) is 40.9 Å². The first-order valence-electron chi connectivity index (χ1n) is 6.28. The second kappa shape index (κ2) is 4.79. The highest BCUT2D eigenvalue weighted by Gasteiger charge is 2.40. The Balaban J connectivity index is 1.44. The summed E-state index contributed by atoms with van der Waals surface area (Å²) in [5, 5.41) is 3.65. The third kappa shape index (κ3) is 2.88. The van der Waals surface area contributed by atoms with Gasteiger partial charge in [-0.05, 0) is 78.0 Å². The van der Waals surface area contributed by atoms with Crippen molar-refractivity contribution in [3.63, 3.8) is 0 Å². The van der Waals surface area contributed by atoms with Crippen molar-refractivity contribution in [3.8, 4) is 0 Å². The molecule has 88 valence electrons. The Bertz CT molecular complexity index is 343. The average Bonchev–Trinajstić information content (AvgIpc) is 3.15. The molecule has 1 aromatic rings. The van der Waals surface area contributed by atoms with Crippen LogP contribution in [0.2, 0.25) is 0 Å². The van der Waals surface area contributed by atoms with Crippen LogP contribution in [0.25, 0.3) is 0 Å².